The molecule has 0 bridgehead atoms. The zero-order valence-corrected chi connectivity index (χ0v) is 25.2. The lowest BCUT2D eigenvalue weighted by Gasteiger charge is -2.36. The summed E-state index contributed by atoms with van der Waals surface area (Å²) in [6.07, 6.45) is 14.3. The van der Waals surface area contributed by atoms with E-state index >= 15 is 0 Å². The number of likely N-dealkylation sites (N-methyl/N-ethyl adjacent to an activating group) is 1. The quantitative estimate of drug-likeness (QED) is 0.182. The number of thiocarbonyl (C=S) groups is 1. The van der Waals surface area contributed by atoms with Crippen molar-refractivity contribution < 1.29 is 4.79 Å². The number of hydrogen-bond donors (Lipinski definition) is 0. The molecule has 0 aromatic carbocycles. The van der Waals surface area contributed by atoms with Crippen molar-refractivity contribution in [2.24, 2.45) is 7.05 Å². The molecule has 2 aliphatic rings. The molecule has 0 spiro atoms. The van der Waals surface area contributed by atoms with Crippen LogP contribution >= 0.6 is 24.0 Å². The molecule has 0 saturated carbocycles. The Kier molecular flexibility index (Phi) is 11.9. The molecular weight excluding hydrogens is 514 g/mol. The van der Waals surface area contributed by atoms with Gasteiger partial charge < -0.3 is 9.80 Å². The van der Waals surface area contributed by atoms with E-state index in [1.807, 2.05) is 6.08 Å². The molecule has 0 unspecified atom stereocenters. The largest absolute Gasteiger partial charge is 0.355 e. The van der Waals surface area contributed by atoms with Crippen molar-refractivity contribution >= 4 is 46.1 Å². The summed E-state index contributed by atoms with van der Waals surface area (Å²) in [5, 5.41) is 9.70. The number of thioether (sulfide) groups is 1. The lowest BCUT2D eigenvalue weighted by atomic mass is 10.0. The number of amides is 1. The van der Waals surface area contributed by atoms with Gasteiger partial charge in [0.2, 0.25) is 0 Å². The Hall–Kier alpha value is -2.15. The van der Waals surface area contributed by atoms with Gasteiger partial charge in [0, 0.05) is 45.3 Å². The predicted octanol–water partition coefficient (Wildman–Crippen LogP) is 5.44. The molecule has 7 nitrogen and oxygen atoms in total. The van der Waals surface area contributed by atoms with E-state index in [9.17, 15) is 14.9 Å². The van der Waals surface area contributed by atoms with Crippen LogP contribution in [0.15, 0.2) is 9.70 Å². The summed E-state index contributed by atoms with van der Waals surface area (Å²) in [4.78, 5) is 33.0. The third-order valence-corrected chi connectivity index (χ3v) is 9.03. The number of carbonyl (C=O) groups is 1. The first kappa shape index (κ1) is 30.4. The van der Waals surface area contributed by atoms with E-state index < -0.39 is 0 Å². The first-order chi connectivity index (χ1) is 18.3. The molecule has 1 aromatic heterocycles. The second-order valence-electron chi connectivity index (χ2n) is 10.5. The summed E-state index contributed by atoms with van der Waals surface area (Å²) in [6.45, 7) is 8.00. The number of aromatic nitrogens is 1. The van der Waals surface area contributed by atoms with Crippen LogP contribution in [0.25, 0.3) is 6.08 Å². The normalized spacial score (nSPS) is 17.6. The molecule has 2 aliphatic heterocycles. The molecular formula is C29H43N5O2S2. The first-order valence-corrected chi connectivity index (χ1v) is 15.3. The van der Waals surface area contributed by atoms with Gasteiger partial charge >= 0.3 is 0 Å². The molecule has 1 amide bonds. The summed E-state index contributed by atoms with van der Waals surface area (Å²) in [5.74, 6) is 0.687. The lowest BCUT2D eigenvalue weighted by Crippen LogP contribution is -2.46. The Labute approximate surface area is 237 Å². The van der Waals surface area contributed by atoms with E-state index in [2.05, 4.69) is 29.8 Å². The molecule has 0 radical (unpaired) electrons. The van der Waals surface area contributed by atoms with Crippen molar-refractivity contribution in [3.63, 3.8) is 0 Å². The van der Waals surface area contributed by atoms with Crippen LogP contribution in [0.3, 0.4) is 0 Å². The number of nitriles is 1. The van der Waals surface area contributed by atoms with Gasteiger partial charge in [-0.2, -0.15) is 5.26 Å². The topological polar surface area (TPSA) is 72.6 Å². The maximum Gasteiger partial charge on any atom is 0.270 e. The van der Waals surface area contributed by atoms with Gasteiger partial charge in [-0.05, 0) is 32.0 Å². The zero-order valence-electron chi connectivity index (χ0n) is 23.6. The number of anilines is 1. The maximum atomic E-state index is 13.4. The Morgan fingerprint density at radius 2 is 1.53 bits per heavy atom. The average Bonchev–Trinajstić information content (AvgIpc) is 3.17. The summed E-state index contributed by atoms with van der Waals surface area (Å²) in [6, 6.07) is 2.08. The fraction of sp³-hybridized carbons (Fsp3) is 0.655. The van der Waals surface area contributed by atoms with E-state index in [0.29, 0.717) is 21.3 Å². The molecule has 9 heteroatoms. The van der Waals surface area contributed by atoms with E-state index in [4.69, 9.17) is 12.2 Å². The van der Waals surface area contributed by atoms with E-state index in [1.54, 1.807) is 23.4 Å². The minimum atomic E-state index is -0.301. The highest BCUT2D eigenvalue weighted by molar-refractivity contribution is 8.26. The number of rotatable bonds is 13. The number of nitrogens with zero attached hydrogens (tertiary/aromatic N) is 5. The second-order valence-corrected chi connectivity index (χ2v) is 12.2. The molecule has 0 atom stereocenters. The standard InChI is InChI=1S/C29H43N5O2S2/c1-5-6-7-8-9-10-11-12-13-14-15-34-28(36)25(38-29(34)37)20-23-22(2)24(21-30)27(35)32(4)26(23)33-18-16-31(3)17-19-33/h20H,5-19H2,1-4H3. The Morgan fingerprint density at radius 3 is 2.11 bits per heavy atom. The fourth-order valence-corrected chi connectivity index (χ4v) is 6.48. The van der Waals surface area contributed by atoms with Gasteiger partial charge in [-0.1, -0.05) is 88.7 Å². The third-order valence-electron chi connectivity index (χ3n) is 7.66. The molecule has 1 aromatic rings. The van der Waals surface area contributed by atoms with Crippen molar-refractivity contribution in [2.75, 3.05) is 44.7 Å². The van der Waals surface area contributed by atoms with Crippen LogP contribution in [-0.2, 0) is 11.8 Å². The van der Waals surface area contributed by atoms with Crippen molar-refractivity contribution in [3.05, 3.63) is 31.9 Å². The highest BCUT2D eigenvalue weighted by atomic mass is 32.2. The Morgan fingerprint density at radius 1 is 0.947 bits per heavy atom. The Bertz CT molecular complexity index is 1130. The van der Waals surface area contributed by atoms with Crippen LogP contribution in [0.5, 0.6) is 0 Å². The van der Waals surface area contributed by atoms with Crippen LogP contribution in [0.2, 0.25) is 0 Å². The van der Waals surface area contributed by atoms with Crippen LogP contribution in [-0.4, -0.2) is 64.4 Å². The highest BCUT2D eigenvalue weighted by Gasteiger charge is 2.33. The molecule has 3 rings (SSSR count). The first-order valence-electron chi connectivity index (χ1n) is 14.1. The molecule has 208 valence electrons. The summed E-state index contributed by atoms with van der Waals surface area (Å²) >= 11 is 6.90. The van der Waals surface area contributed by atoms with Crippen molar-refractivity contribution in [3.8, 4) is 6.07 Å². The molecule has 38 heavy (non-hydrogen) atoms. The predicted molar refractivity (Wildman–Crippen MR) is 163 cm³/mol. The van der Waals surface area contributed by atoms with E-state index in [1.165, 1.54) is 63.1 Å². The highest BCUT2D eigenvalue weighted by Crippen LogP contribution is 2.36. The van der Waals surface area contributed by atoms with Crippen LogP contribution < -0.4 is 10.5 Å². The number of carbonyl (C=O) groups excluding carboxylic acids is 1. The zero-order chi connectivity index (χ0) is 27.7. The van der Waals surface area contributed by atoms with E-state index in [0.717, 1.165) is 50.4 Å². The van der Waals surface area contributed by atoms with Crippen molar-refractivity contribution in [2.45, 2.75) is 78.1 Å². The molecule has 0 N–H and O–H groups in total. The minimum Gasteiger partial charge on any atom is -0.355 e. The number of piperazine rings is 1. The van der Waals surface area contributed by atoms with Gasteiger partial charge in [0.25, 0.3) is 11.5 Å². The average molecular weight is 558 g/mol. The fourth-order valence-electron chi connectivity index (χ4n) is 5.19. The summed E-state index contributed by atoms with van der Waals surface area (Å²) in [5.41, 5.74) is 1.19. The number of unbranched alkanes of at least 4 members (excludes halogenated alkanes) is 9. The Balaban J connectivity index is 1.69. The second kappa shape index (κ2) is 14.9. The SMILES string of the molecule is CCCCCCCCCCCCN1C(=O)C(=Cc2c(C)c(C#N)c(=O)n(C)c2N2CCN(C)CC2)SC1=S. The minimum absolute atomic E-state index is 0.0768. The number of pyridine rings is 1. The van der Waals surface area contributed by atoms with Gasteiger partial charge in [0.1, 0.15) is 21.8 Å². The number of hydrogen-bond acceptors (Lipinski definition) is 7. The van der Waals surface area contributed by atoms with Gasteiger partial charge in [-0.15, -0.1) is 0 Å². The third kappa shape index (κ3) is 7.49. The van der Waals surface area contributed by atoms with Crippen LogP contribution in [0.1, 0.15) is 87.8 Å². The van der Waals surface area contributed by atoms with Crippen LogP contribution in [0, 0.1) is 18.3 Å². The smallest absolute Gasteiger partial charge is 0.270 e. The van der Waals surface area contributed by atoms with Gasteiger partial charge in [-0.3, -0.25) is 19.1 Å². The van der Waals surface area contributed by atoms with Crippen molar-refractivity contribution in [1.29, 1.82) is 5.26 Å². The lowest BCUT2D eigenvalue weighted by molar-refractivity contribution is -0.122. The summed E-state index contributed by atoms with van der Waals surface area (Å²) in [7, 11) is 3.80. The molecule has 2 saturated heterocycles. The van der Waals surface area contributed by atoms with Crippen molar-refractivity contribution in [1.82, 2.24) is 14.4 Å². The van der Waals surface area contributed by atoms with Gasteiger partial charge in [0.15, 0.2) is 0 Å². The van der Waals surface area contributed by atoms with Gasteiger partial charge in [0.05, 0.1) is 4.91 Å². The summed E-state index contributed by atoms with van der Waals surface area (Å²) < 4.78 is 2.15. The van der Waals surface area contributed by atoms with E-state index in [-0.39, 0.29) is 17.0 Å². The van der Waals surface area contributed by atoms with Gasteiger partial charge in [-0.25, -0.2) is 0 Å². The molecule has 2 fully saturated rings. The molecule has 0 aliphatic carbocycles. The monoisotopic (exact) mass is 557 g/mol. The van der Waals surface area contributed by atoms with Crippen LogP contribution in [0.4, 0.5) is 5.82 Å². The maximum absolute atomic E-state index is 13.4. The molecule has 3 heterocycles.